The minimum atomic E-state index is -1.14. The number of hydrogen-bond acceptors (Lipinski definition) is 4. The molecule has 3 atom stereocenters. The van der Waals surface area contributed by atoms with Crippen LogP contribution in [0.4, 0.5) is 0 Å². The highest BCUT2D eigenvalue weighted by Crippen LogP contribution is 2.56. The molecule has 3 rings (SSSR count). The van der Waals surface area contributed by atoms with Gasteiger partial charge in [0.2, 0.25) is 5.91 Å². The Bertz CT molecular complexity index is 1020. The summed E-state index contributed by atoms with van der Waals surface area (Å²) in [5.74, 6) is -2.48. The summed E-state index contributed by atoms with van der Waals surface area (Å²) in [5, 5.41) is 22.1. The van der Waals surface area contributed by atoms with Gasteiger partial charge in [-0.15, -0.1) is 0 Å². The van der Waals surface area contributed by atoms with Gasteiger partial charge < -0.3 is 20.3 Å². The summed E-state index contributed by atoms with van der Waals surface area (Å²) in [5.41, 5.74) is -0.115. The van der Waals surface area contributed by atoms with Crippen molar-refractivity contribution in [2.45, 2.75) is 52.7 Å². The Morgan fingerprint density at radius 3 is 2.30 bits per heavy atom. The third kappa shape index (κ3) is 5.18. The number of carbonyl (C=O) groups excluding carboxylic acids is 1. The van der Waals surface area contributed by atoms with Crippen molar-refractivity contribution in [3.63, 3.8) is 0 Å². The number of benzene rings is 2. The summed E-state index contributed by atoms with van der Waals surface area (Å²) in [7, 11) is 0. The maximum absolute atomic E-state index is 13.0. The van der Waals surface area contributed by atoms with Crippen LogP contribution in [0.1, 0.15) is 44.7 Å². The Morgan fingerprint density at radius 2 is 1.70 bits per heavy atom. The molecule has 0 spiro atoms. The SMILES string of the molecule is CC1(C)[C@@H](C(=O)N[C@@H](Cc2cccc(OCc3ccccc3)c2)C(=O)O)CC[C@@]1(C)C(=O)O. The first-order valence-corrected chi connectivity index (χ1v) is 11.1. The maximum atomic E-state index is 13.0. The quantitative estimate of drug-likeness (QED) is 0.531. The van der Waals surface area contributed by atoms with E-state index in [-0.39, 0.29) is 6.42 Å². The second kappa shape index (κ2) is 9.65. The van der Waals surface area contributed by atoms with Crippen LogP contribution in [-0.4, -0.2) is 34.1 Å². The van der Waals surface area contributed by atoms with E-state index < -0.39 is 40.6 Å². The van der Waals surface area contributed by atoms with E-state index in [0.717, 1.165) is 5.56 Å². The molecule has 0 saturated heterocycles. The van der Waals surface area contributed by atoms with Crippen LogP contribution >= 0.6 is 0 Å². The summed E-state index contributed by atoms with van der Waals surface area (Å²) in [6, 6.07) is 15.7. The molecule has 1 saturated carbocycles. The van der Waals surface area contributed by atoms with Crippen LogP contribution in [0.25, 0.3) is 0 Å². The molecule has 0 bridgehead atoms. The van der Waals surface area contributed by atoms with Gasteiger partial charge in [0.05, 0.1) is 5.41 Å². The van der Waals surface area contributed by atoms with Crippen LogP contribution in [0.2, 0.25) is 0 Å². The third-order valence-electron chi connectivity index (χ3n) is 7.22. The Kier molecular flexibility index (Phi) is 7.10. The van der Waals surface area contributed by atoms with Crippen molar-refractivity contribution in [3.8, 4) is 5.75 Å². The highest BCUT2D eigenvalue weighted by atomic mass is 16.5. The number of carboxylic acids is 2. The number of nitrogens with one attached hydrogen (secondary N) is 1. The Hall–Kier alpha value is -3.35. The van der Waals surface area contributed by atoms with Crippen LogP contribution < -0.4 is 10.1 Å². The molecule has 2 aromatic carbocycles. The van der Waals surface area contributed by atoms with Crippen LogP contribution in [-0.2, 0) is 27.4 Å². The average Bonchev–Trinajstić information content (AvgIpc) is 3.02. The van der Waals surface area contributed by atoms with E-state index in [9.17, 15) is 24.6 Å². The molecule has 7 nitrogen and oxygen atoms in total. The first kappa shape index (κ1) is 24.3. The number of carbonyl (C=O) groups is 3. The lowest BCUT2D eigenvalue weighted by molar-refractivity contribution is -0.155. The minimum Gasteiger partial charge on any atom is -0.489 e. The number of aliphatic carboxylic acids is 2. The van der Waals surface area contributed by atoms with Gasteiger partial charge in [-0.25, -0.2) is 4.79 Å². The maximum Gasteiger partial charge on any atom is 0.326 e. The minimum absolute atomic E-state index is 0.0902. The van der Waals surface area contributed by atoms with Gasteiger partial charge in [-0.3, -0.25) is 9.59 Å². The lowest BCUT2D eigenvalue weighted by Gasteiger charge is -2.38. The smallest absolute Gasteiger partial charge is 0.326 e. The molecule has 2 aromatic rings. The van der Waals surface area contributed by atoms with Gasteiger partial charge >= 0.3 is 11.9 Å². The van der Waals surface area contributed by atoms with E-state index in [1.807, 2.05) is 30.3 Å². The van der Waals surface area contributed by atoms with Gasteiger partial charge in [0.15, 0.2) is 0 Å². The van der Waals surface area contributed by atoms with E-state index in [2.05, 4.69) is 5.32 Å². The first-order chi connectivity index (χ1) is 15.5. The molecule has 0 heterocycles. The monoisotopic (exact) mass is 453 g/mol. The molecule has 1 amide bonds. The normalized spacial score (nSPS) is 22.3. The predicted molar refractivity (Wildman–Crippen MR) is 123 cm³/mol. The van der Waals surface area contributed by atoms with Crippen molar-refractivity contribution < 1.29 is 29.3 Å². The molecule has 33 heavy (non-hydrogen) atoms. The van der Waals surface area contributed by atoms with Crippen molar-refractivity contribution in [1.29, 1.82) is 0 Å². The van der Waals surface area contributed by atoms with E-state index in [1.165, 1.54) is 0 Å². The lowest BCUT2D eigenvalue weighted by atomic mass is 9.65. The molecule has 0 unspecified atom stereocenters. The van der Waals surface area contributed by atoms with E-state index in [1.54, 1.807) is 45.0 Å². The van der Waals surface area contributed by atoms with Crippen LogP contribution in [0, 0.1) is 16.7 Å². The van der Waals surface area contributed by atoms with Crippen LogP contribution in [0.3, 0.4) is 0 Å². The lowest BCUT2D eigenvalue weighted by Crippen LogP contribution is -2.49. The van der Waals surface area contributed by atoms with E-state index in [4.69, 9.17) is 4.74 Å². The van der Waals surface area contributed by atoms with E-state index >= 15 is 0 Å². The Labute approximate surface area is 193 Å². The van der Waals surface area contributed by atoms with Gasteiger partial charge in [0.25, 0.3) is 0 Å². The molecular formula is C26H31NO6. The summed E-state index contributed by atoms with van der Waals surface area (Å²) < 4.78 is 5.82. The number of rotatable bonds is 9. The molecule has 3 N–H and O–H groups in total. The van der Waals surface area contributed by atoms with Gasteiger partial charge in [0.1, 0.15) is 18.4 Å². The fourth-order valence-corrected chi connectivity index (χ4v) is 4.55. The fourth-order valence-electron chi connectivity index (χ4n) is 4.55. The molecule has 1 aliphatic rings. The fraction of sp³-hybridized carbons (Fsp3) is 0.423. The zero-order chi connectivity index (χ0) is 24.2. The molecular weight excluding hydrogens is 422 g/mol. The molecule has 1 fully saturated rings. The molecule has 1 aliphatic carbocycles. The largest absolute Gasteiger partial charge is 0.489 e. The predicted octanol–water partition coefficient (Wildman–Crippen LogP) is 3.90. The standard InChI is InChI=1S/C26H31NO6/c1-25(2)20(12-13-26(25,3)24(31)32)22(28)27-21(23(29)30)15-18-10-7-11-19(14-18)33-16-17-8-5-4-6-9-17/h4-11,14,20-21H,12-13,15-16H2,1-3H3,(H,27,28)(H,29,30)(H,31,32)/t20-,21+,26+/m1/s1. The van der Waals surface area contributed by atoms with Crippen LogP contribution in [0.5, 0.6) is 5.75 Å². The van der Waals surface area contributed by atoms with Gasteiger partial charge in [-0.1, -0.05) is 56.3 Å². The number of hydrogen-bond donors (Lipinski definition) is 3. The molecule has 0 aromatic heterocycles. The summed E-state index contributed by atoms with van der Waals surface area (Å²) in [6.07, 6.45) is 0.857. The summed E-state index contributed by atoms with van der Waals surface area (Å²) in [4.78, 5) is 36.7. The summed E-state index contributed by atoms with van der Waals surface area (Å²) in [6.45, 7) is 5.57. The van der Waals surface area contributed by atoms with E-state index in [0.29, 0.717) is 30.8 Å². The molecule has 7 heteroatoms. The second-order valence-electron chi connectivity index (χ2n) is 9.48. The molecule has 176 valence electrons. The summed E-state index contributed by atoms with van der Waals surface area (Å²) >= 11 is 0. The first-order valence-electron chi connectivity index (χ1n) is 11.1. The van der Waals surface area contributed by atoms with Crippen LogP contribution in [0.15, 0.2) is 54.6 Å². The van der Waals surface area contributed by atoms with Crippen molar-refractivity contribution in [2.75, 3.05) is 0 Å². The number of amides is 1. The Balaban J connectivity index is 1.67. The van der Waals surface area contributed by atoms with Crippen molar-refractivity contribution in [3.05, 3.63) is 65.7 Å². The zero-order valence-corrected chi connectivity index (χ0v) is 19.2. The average molecular weight is 454 g/mol. The van der Waals surface area contributed by atoms with Crippen molar-refractivity contribution in [1.82, 2.24) is 5.32 Å². The third-order valence-corrected chi connectivity index (χ3v) is 7.22. The molecule has 0 aliphatic heterocycles. The number of ether oxygens (including phenoxy) is 1. The number of carboxylic acid groups (broad SMARTS) is 2. The van der Waals surface area contributed by atoms with Gasteiger partial charge in [0, 0.05) is 12.3 Å². The van der Waals surface area contributed by atoms with Gasteiger partial charge in [-0.05, 0) is 48.4 Å². The van der Waals surface area contributed by atoms with Crippen molar-refractivity contribution >= 4 is 17.8 Å². The van der Waals surface area contributed by atoms with Gasteiger partial charge in [-0.2, -0.15) is 0 Å². The molecule has 0 radical (unpaired) electrons. The van der Waals surface area contributed by atoms with Crippen molar-refractivity contribution in [2.24, 2.45) is 16.7 Å². The second-order valence-corrected chi connectivity index (χ2v) is 9.48. The highest BCUT2D eigenvalue weighted by Gasteiger charge is 2.58. The topological polar surface area (TPSA) is 113 Å². The highest BCUT2D eigenvalue weighted by molar-refractivity contribution is 5.87. The Morgan fingerprint density at radius 1 is 1.03 bits per heavy atom. The zero-order valence-electron chi connectivity index (χ0n) is 19.2.